The number of likely N-dealkylation sites (tertiary alicyclic amines) is 1. The number of rotatable bonds is 2. The first-order chi connectivity index (χ1) is 9.88. The minimum Gasteiger partial charge on any atom is -0.316 e. The SMILES string of the molecule is c1cnc2ccc(CN3CCC4CNCC4C3)cc2c1. The van der Waals surface area contributed by atoms with Crippen molar-refractivity contribution in [2.45, 2.75) is 13.0 Å². The molecule has 2 unspecified atom stereocenters. The van der Waals surface area contributed by atoms with Crippen LogP contribution >= 0.6 is 0 Å². The molecular formula is C17H21N3. The molecule has 0 radical (unpaired) electrons. The third-order valence-corrected chi connectivity index (χ3v) is 4.86. The summed E-state index contributed by atoms with van der Waals surface area (Å²) in [4.78, 5) is 7.01. The van der Waals surface area contributed by atoms with E-state index in [-0.39, 0.29) is 0 Å². The number of fused-ring (bicyclic) bond motifs is 2. The first-order valence-corrected chi connectivity index (χ1v) is 7.65. The van der Waals surface area contributed by atoms with Crippen LogP contribution in [0.2, 0.25) is 0 Å². The summed E-state index contributed by atoms with van der Waals surface area (Å²) in [7, 11) is 0. The van der Waals surface area contributed by atoms with Gasteiger partial charge in [0.15, 0.2) is 0 Å². The first kappa shape index (κ1) is 12.3. The van der Waals surface area contributed by atoms with Crippen molar-refractivity contribution in [3.8, 4) is 0 Å². The Morgan fingerprint density at radius 2 is 2.15 bits per heavy atom. The summed E-state index contributed by atoms with van der Waals surface area (Å²) in [5, 5.41) is 4.79. The van der Waals surface area contributed by atoms with Crippen molar-refractivity contribution in [3.63, 3.8) is 0 Å². The van der Waals surface area contributed by atoms with Crippen molar-refractivity contribution in [3.05, 3.63) is 42.1 Å². The van der Waals surface area contributed by atoms with E-state index in [1.807, 2.05) is 12.3 Å². The van der Waals surface area contributed by atoms with Gasteiger partial charge in [-0.1, -0.05) is 12.1 Å². The van der Waals surface area contributed by atoms with E-state index in [1.54, 1.807) is 0 Å². The van der Waals surface area contributed by atoms with E-state index in [9.17, 15) is 0 Å². The predicted octanol–water partition coefficient (Wildman–Crippen LogP) is 2.28. The van der Waals surface area contributed by atoms with Crippen LogP contribution in [-0.2, 0) is 6.54 Å². The molecule has 3 heteroatoms. The zero-order chi connectivity index (χ0) is 13.4. The number of hydrogen-bond acceptors (Lipinski definition) is 3. The van der Waals surface area contributed by atoms with Crippen LogP contribution in [0.4, 0.5) is 0 Å². The zero-order valence-corrected chi connectivity index (χ0v) is 11.8. The van der Waals surface area contributed by atoms with E-state index >= 15 is 0 Å². The van der Waals surface area contributed by atoms with E-state index in [1.165, 1.54) is 43.5 Å². The van der Waals surface area contributed by atoms with Gasteiger partial charge in [0, 0.05) is 24.7 Å². The molecule has 2 aromatic rings. The molecule has 3 nitrogen and oxygen atoms in total. The molecule has 0 bridgehead atoms. The maximum absolute atomic E-state index is 4.39. The fraction of sp³-hybridized carbons (Fsp3) is 0.471. The van der Waals surface area contributed by atoms with Crippen molar-refractivity contribution in [2.75, 3.05) is 26.2 Å². The Bertz CT molecular complexity index is 610. The smallest absolute Gasteiger partial charge is 0.0702 e. The monoisotopic (exact) mass is 267 g/mol. The Hall–Kier alpha value is -1.45. The maximum Gasteiger partial charge on any atom is 0.0702 e. The van der Waals surface area contributed by atoms with Gasteiger partial charge in [-0.05, 0) is 61.7 Å². The van der Waals surface area contributed by atoms with E-state index in [4.69, 9.17) is 0 Å². The predicted molar refractivity (Wildman–Crippen MR) is 81.5 cm³/mol. The lowest BCUT2D eigenvalue weighted by Crippen LogP contribution is -2.39. The molecule has 20 heavy (non-hydrogen) atoms. The summed E-state index contributed by atoms with van der Waals surface area (Å²) in [5.41, 5.74) is 2.50. The topological polar surface area (TPSA) is 28.2 Å². The first-order valence-electron chi connectivity index (χ1n) is 7.65. The minimum absolute atomic E-state index is 0.867. The van der Waals surface area contributed by atoms with Crippen LogP contribution in [0.25, 0.3) is 10.9 Å². The molecule has 0 amide bonds. The van der Waals surface area contributed by atoms with Gasteiger partial charge in [-0.3, -0.25) is 9.88 Å². The van der Waals surface area contributed by atoms with Crippen LogP contribution < -0.4 is 5.32 Å². The molecule has 1 aromatic heterocycles. The number of pyridine rings is 1. The standard InChI is InChI=1S/C17H21N3/c1-2-14-8-13(3-4-17(14)19-6-1)11-20-7-5-15-9-18-10-16(15)12-20/h1-4,6,8,15-16,18H,5,7,9-12H2. The molecule has 2 saturated heterocycles. The Morgan fingerprint density at radius 3 is 3.15 bits per heavy atom. The van der Waals surface area contributed by atoms with Gasteiger partial charge >= 0.3 is 0 Å². The molecule has 4 rings (SSSR count). The lowest BCUT2D eigenvalue weighted by molar-refractivity contribution is 0.142. The molecular weight excluding hydrogens is 246 g/mol. The Balaban J connectivity index is 1.49. The van der Waals surface area contributed by atoms with E-state index in [0.717, 1.165) is 23.9 Å². The lowest BCUT2D eigenvalue weighted by atomic mass is 9.88. The van der Waals surface area contributed by atoms with Gasteiger partial charge < -0.3 is 5.32 Å². The van der Waals surface area contributed by atoms with Crippen molar-refractivity contribution >= 4 is 10.9 Å². The Kier molecular flexibility index (Phi) is 3.17. The summed E-state index contributed by atoms with van der Waals surface area (Å²) < 4.78 is 0. The van der Waals surface area contributed by atoms with Crippen molar-refractivity contribution in [2.24, 2.45) is 11.8 Å². The summed E-state index contributed by atoms with van der Waals surface area (Å²) in [6.45, 7) is 6.02. The van der Waals surface area contributed by atoms with Gasteiger partial charge in [-0.2, -0.15) is 0 Å². The second-order valence-electron chi connectivity index (χ2n) is 6.23. The van der Waals surface area contributed by atoms with Crippen LogP contribution in [-0.4, -0.2) is 36.1 Å². The highest BCUT2D eigenvalue weighted by molar-refractivity contribution is 5.78. The maximum atomic E-state index is 4.39. The third kappa shape index (κ3) is 2.32. The quantitative estimate of drug-likeness (QED) is 0.905. The molecule has 2 aliphatic heterocycles. The van der Waals surface area contributed by atoms with E-state index in [0.29, 0.717) is 0 Å². The largest absolute Gasteiger partial charge is 0.316 e. The van der Waals surface area contributed by atoms with Crippen LogP contribution in [0.15, 0.2) is 36.5 Å². The Labute approximate surface area is 120 Å². The number of hydrogen-bond donors (Lipinski definition) is 1. The van der Waals surface area contributed by atoms with E-state index < -0.39 is 0 Å². The third-order valence-electron chi connectivity index (χ3n) is 4.86. The van der Waals surface area contributed by atoms with Gasteiger partial charge in [0.25, 0.3) is 0 Å². The number of aromatic nitrogens is 1. The normalized spacial score (nSPS) is 26.8. The van der Waals surface area contributed by atoms with E-state index in [2.05, 4.69) is 39.5 Å². The van der Waals surface area contributed by atoms with Crippen LogP contribution in [0.5, 0.6) is 0 Å². The van der Waals surface area contributed by atoms with Crippen LogP contribution in [0, 0.1) is 11.8 Å². The van der Waals surface area contributed by atoms with Crippen molar-refractivity contribution in [1.29, 1.82) is 0 Å². The molecule has 2 fully saturated rings. The highest BCUT2D eigenvalue weighted by Gasteiger charge is 2.32. The molecule has 1 aromatic carbocycles. The minimum atomic E-state index is 0.867. The fourth-order valence-corrected chi connectivity index (χ4v) is 3.74. The second-order valence-corrected chi connectivity index (χ2v) is 6.23. The average molecular weight is 267 g/mol. The molecule has 1 N–H and O–H groups in total. The van der Waals surface area contributed by atoms with Gasteiger partial charge in [0.05, 0.1) is 5.52 Å². The molecule has 0 spiro atoms. The number of piperidine rings is 1. The van der Waals surface area contributed by atoms with Gasteiger partial charge in [0.2, 0.25) is 0 Å². The highest BCUT2D eigenvalue weighted by atomic mass is 15.1. The summed E-state index contributed by atoms with van der Waals surface area (Å²) in [6, 6.07) is 10.8. The fourth-order valence-electron chi connectivity index (χ4n) is 3.74. The number of benzene rings is 1. The lowest BCUT2D eigenvalue weighted by Gasteiger charge is -2.34. The Morgan fingerprint density at radius 1 is 1.20 bits per heavy atom. The molecule has 0 saturated carbocycles. The molecule has 2 atom stereocenters. The van der Waals surface area contributed by atoms with Gasteiger partial charge in [-0.15, -0.1) is 0 Å². The van der Waals surface area contributed by atoms with Crippen molar-refractivity contribution in [1.82, 2.24) is 15.2 Å². The molecule has 104 valence electrons. The zero-order valence-electron chi connectivity index (χ0n) is 11.8. The number of nitrogens with zero attached hydrogens (tertiary/aromatic N) is 2. The van der Waals surface area contributed by atoms with Crippen LogP contribution in [0.1, 0.15) is 12.0 Å². The highest BCUT2D eigenvalue weighted by Crippen LogP contribution is 2.27. The van der Waals surface area contributed by atoms with Crippen molar-refractivity contribution < 1.29 is 0 Å². The summed E-state index contributed by atoms with van der Waals surface area (Å²) in [6.07, 6.45) is 3.21. The second kappa shape index (κ2) is 5.15. The van der Waals surface area contributed by atoms with Gasteiger partial charge in [-0.25, -0.2) is 0 Å². The number of nitrogens with one attached hydrogen (secondary N) is 1. The summed E-state index contributed by atoms with van der Waals surface area (Å²) in [5.74, 6) is 1.79. The molecule has 2 aliphatic rings. The van der Waals surface area contributed by atoms with Crippen LogP contribution in [0.3, 0.4) is 0 Å². The molecule has 3 heterocycles. The average Bonchev–Trinajstić information content (AvgIpc) is 2.95. The van der Waals surface area contributed by atoms with Gasteiger partial charge in [0.1, 0.15) is 0 Å². The summed E-state index contributed by atoms with van der Waals surface area (Å²) >= 11 is 0. The molecule has 0 aliphatic carbocycles.